The maximum absolute atomic E-state index is 11.6. The van der Waals surface area contributed by atoms with Gasteiger partial charge in [0, 0.05) is 25.6 Å². The predicted octanol–water partition coefficient (Wildman–Crippen LogP) is -0.0470. The monoisotopic (exact) mass is 200 g/mol. The van der Waals surface area contributed by atoms with Crippen molar-refractivity contribution in [2.75, 3.05) is 13.1 Å². The molecule has 14 heavy (non-hydrogen) atoms. The van der Waals surface area contributed by atoms with Gasteiger partial charge in [-0.1, -0.05) is 6.92 Å². The molecule has 3 atom stereocenters. The molecule has 0 aromatic carbocycles. The zero-order valence-corrected chi connectivity index (χ0v) is 8.94. The Balaban J connectivity index is 2.42. The fourth-order valence-electron chi connectivity index (χ4n) is 1.76. The van der Waals surface area contributed by atoms with E-state index < -0.39 is 0 Å². The first-order chi connectivity index (χ1) is 6.50. The number of nitrogens with two attached hydrogens (primary N) is 1. The van der Waals surface area contributed by atoms with Crippen LogP contribution in [0.3, 0.4) is 0 Å². The summed E-state index contributed by atoms with van der Waals surface area (Å²) >= 11 is 0. The van der Waals surface area contributed by atoms with E-state index in [2.05, 4.69) is 0 Å². The highest BCUT2D eigenvalue weighted by atomic mass is 16.3. The molecule has 1 fully saturated rings. The number of amides is 1. The molecule has 3 N–H and O–H groups in total. The minimum absolute atomic E-state index is 0.0790. The summed E-state index contributed by atoms with van der Waals surface area (Å²) in [4.78, 5) is 13.4. The Labute approximate surface area is 85.1 Å². The summed E-state index contributed by atoms with van der Waals surface area (Å²) in [5, 5.41) is 9.50. The molecule has 0 aromatic rings. The van der Waals surface area contributed by atoms with E-state index in [0.717, 1.165) is 0 Å². The van der Waals surface area contributed by atoms with Gasteiger partial charge in [-0.05, 0) is 19.3 Å². The molecule has 0 aromatic heterocycles. The number of hydrogen-bond acceptors (Lipinski definition) is 3. The van der Waals surface area contributed by atoms with E-state index in [-0.39, 0.29) is 24.0 Å². The molecule has 0 bridgehead atoms. The number of carbonyl (C=O) groups is 1. The van der Waals surface area contributed by atoms with Crippen molar-refractivity contribution in [2.24, 2.45) is 11.7 Å². The van der Waals surface area contributed by atoms with Crippen LogP contribution >= 0.6 is 0 Å². The van der Waals surface area contributed by atoms with Crippen molar-refractivity contribution in [1.82, 2.24) is 4.90 Å². The summed E-state index contributed by atoms with van der Waals surface area (Å²) in [6, 6.07) is -0.0790. The maximum atomic E-state index is 11.6. The molecule has 4 heteroatoms. The van der Waals surface area contributed by atoms with Crippen molar-refractivity contribution in [1.29, 1.82) is 0 Å². The molecule has 4 nitrogen and oxygen atoms in total. The third kappa shape index (κ3) is 2.96. The van der Waals surface area contributed by atoms with Crippen LogP contribution in [0.5, 0.6) is 0 Å². The second kappa shape index (κ2) is 4.75. The third-order valence-corrected chi connectivity index (χ3v) is 2.71. The highest BCUT2D eigenvalue weighted by molar-refractivity contribution is 5.76. The molecular weight excluding hydrogens is 180 g/mol. The van der Waals surface area contributed by atoms with E-state index in [9.17, 15) is 9.90 Å². The SMILES string of the molecule is CC(N)CC(=O)N1CCC(O)C(C)C1. The van der Waals surface area contributed by atoms with Gasteiger partial charge in [-0.2, -0.15) is 0 Å². The molecule has 1 aliphatic heterocycles. The van der Waals surface area contributed by atoms with Gasteiger partial charge in [0.1, 0.15) is 0 Å². The topological polar surface area (TPSA) is 66.6 Å². The molecule has 3 unspecified atom stereocenters. The van der Waals surface area contributed by atoms with E-state index in [0.29, 0.717) is 25.9 Å². The standard InChI is InChI=1S/C10H20N2O2/c1-7-6-12(4-3-9(7)13)10(14)5-8(2)11/h7-9,13H,3-6,11H2,1-2H3. The van der Waals surface area contributed by atoms with E-state index >= 15 is 0 Å². The fourth-order valence-corrected chi connectivity index (χ4v) is 1.76. The normalized spacial score (nSPS) is 30.1. The molecule has 1 amide bonds. The lowest BCUT2D eigenvalue weighted by atomic mass is 9.96. The zero-order valence-electron chi connectivity index (χ0n) is 8.94. The van der Waals surface area contributed by atoms with Crippen LogP contribution in [0.25, 0.3) is 0 Å². The molecule has 1 rings (SSSR count). The number of nitrogens with zero attached hydrogens (tertiary/aromatic N) is 1. The van der Waals surface area contributed by atoms with Gasteiger partial charge in [-0.15, -0.1) is 0 Å². The first-order valence-corrected chi connectivity index (χ1v) is 5.22. The molecule has 0 spiro atoms. The lowest BCUT2D eigenvalue weighted by Crippen LogP contribution is -2.46. The number of carbonyl (C=O) groups excluding carboxylic acids is 1. The van der Waals surface area contributed by atoms with Gasteiger partial charge in [0.15, 0.2) is 0 Å². The number of likely N-dealkylation sites (tertiary alicyclic amines) is 1. The van der Waals surface area contributed by atoms with E-state index in [1.54, 1.807) is 4.90 Å². The highest BCUT2D eigenvalue weighted by Crippen LogP contribution is 2.17. The Morgan fingerprint density at radius 3 is 2.86 bits per heavy atom. The van der Waals surface area contributed by atoms with Gasteiger partial charge in [0.25, 0.3) is 0 Å². The van der Waals surface area contributed by atoms with Crippen LogP contribution in [0, 0.1) is 5.92 Å². The molecule has 0 aliphatic carbocycles. The van der Waals surface area contributed by atoms with Crippen LogP contribution in [-0.4, -0.2) is 41.1 Å². The minimum Gasteiger partial charge on any atom is -0.393 e. The number of rotatable bonds is 2. The Morgan fingerprint density at radius 1 is 1.71 bits per heavy atom. The van der Waals surface area contributed by atoms with Crippen molar-refractivity contribution in [3.05, 3.63) is 0 Å². The minimum atomic E-state index is -0.255. The molecule has 1 saturated heterocycles. The summed E-state index contributed by atoms with van der Waals surface area (Å²) in [7, 11) is 0. The van der Waals surface area contributed by atoms with E-state index in [4.69, 9.17) is 5.73 Å². The molecule has 0 radical (unpaired) electrons. The van der Waals surface area contributed by atoms with Crippen LogP contribution < -0.4 is 5.73 Å². The smallest absolute Gasteiger partial charge is 0.224 e. The first kappa shape index (κ1) is 11.5. The summed E-state index contributed by atoms with van der Waals surface area (Å²) in [5.41, 5.74) is 5.57. The van der Waals surface area contributed by atoms with Crippen LogP contribution in [0.15, 0.2) is 0 Å². The van der Waals surface area contributed by atoms with Gasteiger partial charge in [-0.3, -0.25) is 4.79 Å². The third-order valence-electron chi connectivity index (χ3n) is 2.71. The Hall–Kier alpha value is -0.610. The van der Waals surface area contributed by atoms with Gasteiger partial charge in [-0.25, -0.2) is 0 Å². The predicted molar refractivity (Wildman–Crippen MR) is 54.6 cm³/mol. The first-order valence-electron chi connectivity index (χ1n) is 5.22. The van der Waals surface area contributed by atoms with Crippen molar-refractivity contribution in [2.45, 2.75) is 38.8 Å². The Bertz CT molecular complexity index is 206. The average molecular weight is 200 g/mol. The quantitative estimate of drug-likeness (QED) is 0.657. The summed E-state index contributed by atoms with van der Waals surface area (Å²) in [6.07, 6.45) is 0.837. The summed E-state index contributed by atoms with van der Waals surface area (Å²) in [5.74, 6) is 0.291. The van der Waals surface area contributed by atoms with Gasteiger partial charge >= 0.3 is 0 Å². The molecule has 0 saturated carbocycles. The average Bonchev–Trinajstić information content (AvgIpc) is 2.08. The van der Waals surface area contributed by atoms with Gasteiger partial charge in [0.05, 0.1) is 6.10 Å². The second-order valence-corrected chi connectivity index (χ2v) is 4.35. The lowest BCUT2D eigenvalue weighted by molar-refractivity contribution is -0.134. The fraction of sp³-hybridized carbons (Fsp3) is 0.900. The number of hydrogen-bond donors (Lipinski definition) is 2. The lowest BCUT2D eigenvalue weighted by Gasteiger charge is -2.34. The highest BCUT2D eigenvalue weighted by Gasteiger charge is 2.27. The second-order valence-electron chi connectivity index (χ2n) is 4.35. The van der Waals surface area contributed by atoms with Crippen molar-refractivity contribution in [3.8, 4) is 0 Å². The van der Waals surface area contributed by atoms with Crippen molar-refractivity contribution >= 4 is 5.91 Å². The molecule has 1 heterocycles. The number of piperidine rings is 1. The molecular formula is C10H20N2O2. The maximum Gasteiger partial charge on any atom is 0.224 e. The van der Waals surface area contributed by atoms with Crippen LogP contribution in [0.4, 0.5) is 0 Å². The van der Waals surface area contributed by atoms with Crippen LogP contribution in [0.2, 0.25) is 0 Å². The Kier molecular flexibility index (Phi) is 3.89. The van der Waals surface area contributed by atoms with Crippen molar-refractivity contribution in [3.63, 3.8) is 0 Å². The number of aliphatic hydroxyl groups is 1. The molecule has 82 valence electrons. The van der Waals surface area contributed by atoms with Gasteiger partial charge < -0.3 is 15.7 Å². The van der Waals surface area contributed by atoms with Crippen LogP contribution in [-0.2, 0) is 4.79 Å². The van der Waals surface area contributed by atoms with Gasteiger partial charge in [0.2, 0.25) is 5.91 Å². The number of aliphatic hydroxyl groups excluding tert-OH is 1. The Morgan fingerprint density at radius 2 is 2.36 bits per heavy atom. The largest absolute Gasteiger partial charge is 0.393 e. The summed E-state index contributed by atoms with van der Waals surface area (Å²) in [6.45, 7) is 5.12. The summed E-state index contributed by atoms with van der Waals surface area (Å²) < 4.78 is 0. The van der Waals surface area contributed by atoms with E-state index in [1.807, 2.05) is 13.8 Å². The van der Waals surface area contributed by atoms with Crippen LogP contribution in [0.1, 0.15) is 26.7 Å². The van der Waals surface area contributed by atoms with Crippen molar-refractivity contribution < 1.29 is 9.90 Å². The zero-order chi connectivity index (χ0) is 10.7. The van der Waals surface area contributed by atoms with E-state index in [1.165, 1.54) is 0 Å². The molecule has 1 aliphatic rings.